The predicted octanol–water partition coefficient (Wildman–Crippen LogP) is 3.58. The van der Waals surface area contributed by atoms with E-state index >= 15 is 0 Å². The number of aryl methyl sites for hydroxylation is 2. The van der Waals surface area contributed by atoms with Crippen LogP contribution in [-0.2, 0) is 20.0 Å². The first-order valence-corrected chi connectivity index (χ1v) is 15.4. The van der Waals surface area contributed by atoms with Crippen molar-refractivity contribution in [3.8, 4) is 0 Å². The van der Waals surface area contributed by atoms with E-state index in [1.165, 1.54) is 0 Å². The Labute approximate surface area is 212 Å². The minimum Gasteiger partial charge on any atom is -0.200 e. The third-order valence-corrected chi connectivity index (χ3v) is 11.1. The van der Waals surface area contributed by atoms with E-state index in [-0.39, 0.29) is 33.5 Å². The molecule has 6 atom stereocenters. The second-order valence-electron chi connectivity index (χ2n) is 10.6. The molecule has 0 spiro atoms. The lowest BCUT2D eigenvalue weighted by molar-refractivity contribution is 0.322. The van der Waals surface area contributed by atoms with E-state index in [1.807, 2.05) is 13.8 Å². The monoisotopic (exact) mass is 526 g/mol. The van der Waals surface area contributed by atoms with E-state index in [1.54, 1.807) is 48.5 Å². The van der Waals surface area contributed by atoms with E-state index < -0.39 is 20.0 Å². The third kappa shape index (κ3) is 3.76. The molecule has 2 unspecified atom stereocenters. The predicted molar refractivity (Wildman–Crippen MR) is 137 cm³/mol. The van der Waals surface area contributed by atoms with Gasteiger partial charge in [-0.3, -0.25) is 0 Å². The van der Waals surface area contributed by atoms with Crippen LogP contribution >= 0.6 is 0 Å². The van der Waals surface area contributed by atoms with E-state index in [0.717, 1.165) is 48.2 Å². The highest BCUT2D eigenvalue weighted by molar-refractivity contribution is 7.89. The molecule has 8 nitrogen and oxygen atoms in total. The van der Waals surface area contributed by atoms with Crippen molar-refractivity contribution in [1.82, 2.24) is 9.66 Å². The SMILES string of the molecule is Cc1ccc(S(=O)(=O)NN=C2[C@H]3CC[C@@H]4C(=NNS(=O)(=O)c5ccc(C)cc5)[C@@H]5CC[C@H]2C5C34)cc1. The topological polar surface area (TPSA) is 117 Å². The first-order valence-electron chi connectivity index (χ1n) is 12.5. The second-order valence-corrected chi connectivity index (χ2v) is 13.9. The van der Waals surface area contributed by atoms with Crippen molar-refractivity contribution in [2.45, 2.75) is 49.3 Å². The fourth-order valence-electron chi connectivity index (χ4n) is 7.15. The van der Waals surface area contributed by atoms with Gasteiger partial charge in [0.15, 0.2) is 0 Å². The Bertz CT molecular complexity index is 1320. The maximum absolute atomic E-state index is 12.8. The quantitative estimate of drug-likeness (QED) is 0.560. The summed E-state index contributed by atoms with van der Waals surface area (Å²) in [6.45, 7) is 3.83. The number of hydrogen-bond acceptors (Lipinski definition) is 6. The molecule has 0 heterocycles. The molecular formula is C26H30N4O4S2. The fraction of sp³-hybridized carbons (Fsp3) is 0.462. The number of nitrogens with zero attached hydrogens (tertiary/aromatic N) is 2. The average Bonchev–Trinajstić information content (AvgIpc) is 3.57. The molecule has 6 rings (SSSR count). The van der Waals surface area contributed by atoms with Gasteiger partial charge in [-0.15, -0.1) is 0 Å². The van der Waals surface area contributed by atoms with Gasteiger partial charge in [0, 0.05) is 35.1 Å². The summed E-state index contributed by atoms with van der Waals surface area (Å²) in [7, 11) is -7.45. The Morgan fingerprint density at radius 1 is 0.583 bits per heavy atom. The molecule has 0 aliphatic heterocycles. The number of hydrogen-bond donors (Lipinski definition) is 2. The Balaban J connectivity index is 1.23. The Morgan fingerprint density at radius 3 is 1.19 bits per heavy atom. The lowest BCUT2D eigenvalue weighted by Crippen LogP contribution is -2.26. The van der Waals surface area contributed by atoms with Crippen LogP contribution in [0.1, 0.15) is 36.8 Å². The van der Waals surface area contributed by atoms with Crippen LogP contribution in [0.15, 0.2) is 68.5 Å². The van der Waals surface area contributed by atoms with Crippen LogP contribution in [-0.4, -0.2) is 28.3 Å². The van der Waals surface area contributed by atoms with Crippen LogP contribution in [0.3, 0.4) is 0 Å². The van der Waals surface area contributed by atoms with Crippen molar-refractivity contribution < 1.29 is 16.8 Å². The molecule has 36 heavy (non-hydrogen) atoms. The van der Waals surface area contributed by atoms with E-state index in [2.05, 4.69) is 19.9 Å². The second kappa shape index (κ2) is 8.41. The van der Waals surface area contributed by atoms with Gasteiger partial charge in [-0.05, 0) is 75.6 Å². The zero-order valence-corrected chi connectivity index (χ0v) is 21.9. The number of sulfonamides is 2. The lowest BCUT2D eigenvalue weighted by atomic mass is 9.90. The molecule has 4 aliphatic carbocycles. The van der Waals surface area contributed by atoms with Gasteiger partial charge in [-0.2, -0.15) is 27.0 Å². The van der Waals surface area contributed by atoms with Crippen LogP contribution in [0.4, 0.5) is 0 Å². The molecular weight excluding hydrogens is 496 g/mol. The first-order chi connectivity index (χ1) is 17.2. The fourth-order valence-corrected chi connectivity index (χ4v) is 8.80. The summed E-state index contributed by atoms with van der Waals surface area (Å²) in [5.74, 6) is 1.58. The lowest BCUT2D eigenvalue weighted by Gasteiger charge is -2.14. The maximum atomic E-state index is 12.8. The summed E-state index contributed by atoms with van der Waals surface area (Å²) in [4.78, 5) is 5.43. The van der Waals surface area contributed by atoms with E-state index in [9.17, 15) is 16.8 Å². The highest BCUT2D eigenvalue weighted by Crippen LogP contribution is 2.65. The van der Waals surface area contributed by atoms with Gasteiger partial charge >= 0.3 is 0 Å². The highest BCUT2D eigenvalue weighted by Gasteiger charge is 2.65. The van der Waals surface area contributed by atoms with Crippen molar-refractivity contribution in [3.05, 3.63) is 59.7 Å². The zero-order chi connectivity index (χ0) is 25.2. The molecule has 0 bridgehead atoms. The summed E-state index contributed by atoms with van der Waals surface area (Å²) in [6, 6.07) is 13.5. The van der Waals surface area contributed by atoms with E-state index in [0.29, 0.717) is 11.8 Å². The summed E-state index contributed by atoms with van der Waals surface area (Å²) in [6.07, 6.45) is 3.68. The van der Waals surface area contributed by atoms with Crippen molar-refractivity contribution in [1.29, 1.82) is 0 Å². The zero-order valence-electron chi connectivity index (χ0n) is 20.3. The van der Waals surface area contributed by atoms with Crippen LogP contribution in [0.5, 0.6) is 0 Å². The van der Waals surface area contributed by atoms with Gasteiger partial charge in [-0.1, -0.05) is 35.4 Å². The summed E-state index contributed by atoms with van der Waals surface area (Å²) >= 11 is 0. The largest absolute Gasteiger partial charge is 0.276 e. The normalized spacial score (nSPS) is 32.8. The van der Waals surface area contributed by atoms with E-state index in [4.69, 9.17) is 0 Å². The Kier molecular flexibility index (Phi) is 5.53. The number of rotatable bonds is 6. The molecule has 0 radical (unpaired) electrons. The minimum atomic E-state index is -3.73. The molecule has 190 valence electrons. The van der Waals surface area contributed by atoms with Gasteiger partial charge in [-0.25, -0.2) is 9.66 Å². The van der Waals surface area contributed by atoms with Gasteiger partial charge in [0.25, 0.3) is 20.0 Å². The average molecular weight is 527 g/mol. The molecule has 2 N–H and O–H groups in total. The number of nitrogens with one attached hydrogen (secondary N) is 2. The first kappa shape index (κ1) is 23.7. The smallest absolute Gasteiger partial charge is 0.200 e. The summed E-state index contributed by atoms with van der Waals surface area (Å²) in [5.41, 5.74) is 3.95. The van der Waals surface area contributed by atoms with Crippen molar-refractivity contribution in [2.24, 2.45) is 45.7 Å². The van der Waals surface area contributed by atoms with Crippen LogP contribution in [0, 0.1) is 49.4 Å². The standard InChI is InChI=1S/C26H30N4O4S2/c1-15-3-7-17(8-4-15)35(31,32)29-27-25-19-11-13-21-23(19)24-20(25)12-14-22(24)26(21)28-30-36(33,34)18-9-5-16(2)6-10-18/h3-10,19-24,29-30H,11-14H2,1-2H3/t19-,20-,21-,22+,23?,24?/m0/s1. The molecule has 2 aromatic carbocycles. The van der Waals surface area contributed by atoms with Crippen molar-refractivity contribution >= 4 is 31.5 Å². The van der Waals surface area contributed by atoms with Crippen LogP contribution in [0.25, 0.3) is 0 Å². The maximum Gasteiger partial charge on any atom is 0.276 e. The molecule has 0 saturated heterocycles. The highest BCUT2D eigenvalue weighted by atomic mass is 32.2. The van der Waals surface area contributed by atoms with Gasteiger partial charge in [0.1, 0.15) is 0 Å². The molecule has 10 heteroatoms. The molecule has 4 aliphatic rings. The molecule has 0 aromatic heterocycles. The van der Waals surface area contributed by atoms with Gasteiger partial charge in [0.05, 0.1) is 9.79 Å². The van der Waals surface area contributed by atoms with Crippen LogP contribution in [0.2, 0.25) is 0 Å². The Morgan fingerprint density at radius 2 is 0.889 bits per heavy atom. The van der Waals surface area contributed by atoms with Gasteiger partial charge < -0.3 is 0 Å². The molecule has 4 saturated carbocycles. The molecule has 2 aromatic rings. The minimum absolute atomic E-state index is 0.208. The van der Waals surface area contributed by atoms with Gasteiger partial charge in [0.2, 0.25) is 0 Å². The summed E-state index contributed by atoms with van der Waals surface area (Å²) < 4.78 is 51.3. The summed E-state index contributed by atoms with van der Waals surface area (Å²) in [5, 5.41) is 9.04. The van der Waals surface area contributed by atoms with Crippen molar-refractivity contribution in [3.63, 3.8) is 0 Å². The number of hydrazone groups is 2. The molecule has 4 fully saturated rings. The molecule has 0 amide bonds. The number of benzene rings is 2. The Hall–Kier alpha value is -2.72. The van der Waals surface area contributed by atoms with Crippen LogP contribution < -0.4 is 9.66 Å². The third-order valence-electron chi connectivity index (χ3n) is 8.65. The van der Waals surface area contributed by atoms with Crippen molar-refractivity contribution in [2.75, 3.05) is 0 Å².